The molecule has 0 aliphatic carbocycles. The van der Waals surface area contributed by atoms with E-state index < -0.39 is 33.4 Å². The third-order valence-electron chi connectivity index (χ3n) is 4.30. The lowest BCUT2D eigenvalue weighted by Crippen LogP contribution is -2.50. The van der Waals surface area contributed by atoms with E-state index in [0.29, 0.717) is 12.0 Å². The molecular formula is C16H20BrF3N2O3S. The van der Waals surface area contributed by atoms with E-state index in [1.807, 2.05) is 6.92 Å². The summed E-state index contributed by atoms with van der Waals surface area (Å²) < 4.78 is 66.9. The number of carbonyl (C=O) groups excluding carboxylic acids is 1. The first-order chi connectivity index (χ1) is 12.1. The Balaban J connectivity index is 2.33. The van der Waals surface area contributed by atoms with Crippen LogP contribution in [0.1, 0.15) is 37.8 Å². The van der Waals surface area contributed by atoms with Crippen LogP contribution in [0.5, 0.6) is 0 Å². The van der Waals surface area contributed by atoms with Gasteiger partial charge in [-0.2, -0.15) is 13.2 Å². The molecule has 0 aromatic heterocycles. The van der Waals surface area contributed by atoms with Crippen LogP contribution < -0.4 is 4.72 Å². The van der Waals surface area contributed by atoms with Crippen LogP contribution in [0.3, 0.4) is 0 Å². The molecule has 1 amide bonds. The van der Waals surface area contributed by atoms with Crippen LogP contribution in [0, 0.1) is 0 Å². The molecule has 1 aliphatic rings. The van der Waals surface area contributed by atoms with Crippen molar-refractivity contribution < 1.29 is 26.4 Å². The van der Waals surface area contributed by atoms with Gasteiger partial charge in [-0.25, -0.2) is 13.1 Å². The molecule has 0 spiro atoms. The first-order valence-electron chi connectivity index (χ1n) is 8.18. The molecule has 1 aromatic carbocycles. The summed E-state index contributed by atoms with van der Waals surface area (Å²) in [5.41, 5.74) is 0.473. The predicted octanol–water partition coefficient (Wildman–Crippen LogP) is 3.37. The third kappa shape index (κ3) is 4.98. The van der Waals surface area contributed by atoms with Crippen molar-refractivity contribution in [2.45, 2.75) is 43.7 Å². The maximum Gasteiger partial charge on any atom is 0.471 e. The number of alkyl halides is 3. The van der Waals surface area contributed by atoms with Gasteiger partial charge in [-0.05, 0) is 37.0 Å². The van der Waals surface area contributed by atoms with Crippen molar-refractivity contribution in [1.82, 2.24) is 9.62 Å². The molecule has 0 radical (unpaired) electrons. The first-order valence-corrected chi connectivity index (χ1v) is 10.5. The number of amides is 1. The summed E-state index contributed by atoms with van der Waals surface area (Å²) in [5.74, 6) is -1.94. The van der Waals surface area contributed by atoms with E-state index in [0.717, 1.165) is 9.37 Å². The molecule has 1 heterocycles. The molecule has 146 valence electrons. The summed E-state index contributed by atoms with van der Waals surface area (Å²) in [5, 5.41) is -0.847. The maximum atomic E-state index is 13.0. The Morgan fingerprint density at radius 2 is 1.92 bits per heavy atom. The van der Waals surface area contributed by atoms with Crippen LogP contribution >= 0.6 is 15.9 Å². The van der Waals surface area contributed by atoms with Crippen LogP contribution in [0.15, 0.2) is 28.7 Å². The average Bonchev–Trinajstić information content (AvgIpc) is 2.58. The number of likely N-dealkylation sites (tertiary alicyclic amines) is 1. The second-order valence-electron chi connectivity index (χ2n) is 6.15. The minimum atomic E-state index is -5.00. The largest absolute Gasteiger partial charge is 0.471 e. The molecule has 1 N–H and O–H groups in total. The first kappa shape index (κ1) is 21.2. The van der Waals surface area contributed by atoms with Gasteiger partial charge >= 0.3 is 12.1 Å². The molecule has 2 atom stereocenters. The zero-order chi connectivity index (χ0) is 19.5. The number of piperidine rings is 1. The fourth-order valence-corrected chi connectivity index (χ4v) is 4.82. The van der Waals surface area contributed by atoms with Crippen LogP contribution in [-0.4, -0.2) is 43.7 Å². The minimum absolute atomic E-state index is 0.0338. The summed E-state index contributed by atoms with van der Waals surface area (Å²) in [6.07, 6.45) is -4.50. The van der Waals surface area contributed by atoms with Crippen molar-refractivity contribution >= 4 is 31.9 Å². The molecule has 1 aliphatic heterocycles. The number of sulfonamides is 1. The Hall–Kier alpha value is -1.13. The number of hydrogen-bond acceptors (Lipinski definition) is 3. The summed E-state index contributed by atoms with van der Waals surface area (Å²) in [4.78, 5) is 12.6. The van der Waals surface area contributed by atoms with Gasteiger partial charge in [0.05, 0.1) is 11.3 Å². The Kier molecular flexibility index (Phi) is 6.73. The van der Waals surface area contributed by atoms with E-state index in [1.54, 1.807) is 24.3 Å². The highest BCUT2D eigenvalue weighted by Crippen LogP contribution is 2.36. The molecule has 2 rings (SSSR count). The van der Waals surface area contributed by atoms with Gasteiger partial charge in [-0.3, -0.25) is 4.79 Å². The fourth-order valence-electron chi connectivity index (χ4n) is 2.98. The SMILES string of the molecule is CCCNS(=O)(=O)C1CCN(C(=O)C(F)(F)F)C(c2ccc(Br)cc2)C1. The van der Waals surface area contributed by atoms with E-state index in [4.69, 9.17) is 0 Å². The predicted molar refractivity (Wildman–Crippen MR) is 94.9 cm³/mol. The monoisotopic (exact) mass is 456 g/mol. The highest BCUT2D eigenvalue weighted by molar-refractivity contribution is 9.10. The molecule has 0 bridgehead atoms. The van der Waals surface area contributed by atoms with Crippen molar-refractivity contribution in [3.63, 3.8) is 0 Å². The lowest BCUT2D eigenvalue weighted by Gasteiger charge is -2.39. The number of hydrogen-bond donors (Lipinski definition) is 1. The number of benzene rings is 1. The van der Waals surface area contributed by atoms with Gasteiger partial charge in [0.2, 0.25) is 10.0 Å². The minimum Gasteiger partial charge on any atom is -0.328 e. The van der Waals surface area contributed by atoms with Crippen molar-refractivity contribution in [3.8, 4) is 0 Å². The van der Waals surface area contributed by atoms with Crippen LogP contribution in [0.25, 0.3) is 0 Å². The average molecular weight is 457 g/mol. The van der Waals surface area contributed by atoms with E-state index in [2.05, 4.69) is 20.7 Å². The maximum absolute atomic E-state index is 13.0. The quantitative estimate of drug-likeness (QED) is 0.738. The molecule has 0 saturated carbocycles. The fraction of sp³-hybridized carbons (Fsp3) is 0.562. The van der Waals surface area contributed by atoms with E-state index in [1.165, 1.54) is 0 Å². The number of nitrogens with zero attached hydrogens (tertiary/aromatic N) is 1. The summed E-state index contributed by atoms with van der Waals surface area (Å²) in [7, 11) is -3.66. The topological polar surface area (TPSA) is 66.5 Å². The molecule has 10 heteroatoms. The molecule has 1 fully saturated rings. The van der Waals surface area contributed by atoms with Gasteiger partial charge in [-0.1, -0.05) is 35.0 Å². The van der Waals surface area contributed by atoms with Gasteiger partial charge in [-0.15, -0.1) is 0 Å². The number of carbonyl (C=O) groups is 1. The Bertz CT molecular complexity index is 738. The van der Waals surface area contributed by atoms with E-state index in [9.17, 15) is 26.4 Å². The lowest BCUT2D eigenvalue weighted by molar-refractivity contribution is -0.189. The third-order valence-corrected chi connectivity index (χ3v) is 6.75. The van der Waals surface area contributed by atoms with Gasteiger partial charge in [0.1, 0.15) is 0 Å². The highest BCUT2D eigenvalue weighted by Gasteiger charge is 2.48. The van der Waals surface area contributed by atoms with Gasteiger partial charge < -0.3 is 4.90 Å². The smallest absolute Gasteiger partial charge is 0.328 e. The van der Waals surface area contributed by atoms with Crippen molar-refractivity contribution in [2.75, 3.05) is 13.1 Å². The van der Waals surface area contributed by atoms with E-state index in [-0.39, 0.29) is 25.9 Å². The Labute approximate surface area is 159 Å². The zero-order valence-electron chi connectivity index (χ0n) is 14.1. The van der Waals surface area contributed by atoms with Gasteiger partial charge in [0.25, 0.3) is 0 Å². The number of halogens is 4. The standard InChI is InChI=1S/C16H20BrF3N2O3S/c1-2-8-21-26(24,25)13-7-9-22(15(23)16(18,19)20)14(10-13)11-3-5-12(17)6-4-11/h3-6,13-14,21H,2,7-10H2,1H3. The Morgan fingerprint density at radius 1 is 1.31 bits per heavy atom. The van der Waals surface area contributed by atoms with Crippen LogP contribution in [0.2, 0.25) is 0 Å². The molecule has 1 saturated heterocycles. The normalized spacial score (nSPS) is 21.7. The van der Waals surface area contributed by atoms with Crippen LogP contribution in [0.4, 0.5) is 13.2 Å². The zero-order valence-corrected chi connectivity index (χ0v) is 16.5. The molecular weight excluding hydrogens is 437 g/mol. The Morgan fingerprint density at radius 3 is 2.46 bits per heavy atom. The lowest BCUT2D eigenvalue weighted by atomic mass is 9.94. The molecule has 26 heavy (non-hydrogen) atoms. The van der Waals surface area contributed by atoms with Crippen molar-refractivity contribution in [3.05, 3.63) is 34.3 Å². The highest BCUT2D eigenvalue weighted by atomic mass is 79.9. The second kappa shape index (κ2) is 8.26. The summed E-state index contributed by atoms with van der Waals surface area (Å²) in [6.45, 7) is 1.82. The van der Waals surface area contributed by atoms with Gasteiger partial charge in [0, 0.05) is 17.6 Å². The van der Waals surface area contributed by atoms with Crippen molar-refractivity contribution in [2.24, 2.45) is 0 Å². The second-order valence-corrected chi connectivity index (χ2v) is 9.11. The number of nitrogens with one attached hydrogen (secondary N) is 1. The van der Waals surface area contributed by atoms with Crippen LogP contribution in [-0.2, 0) is 14.8 Å². The molecule has 1 aromatic rings. The molecule has 5 nitrogen and oxygen atoms in total. The number of rotatable bonds is 5. The summed E-state index contributed by atoms with van der Waals surface area (Å²) >= 11 is 3.25. The van der Waals surface area contributed by atoms with E-state index >= 15 is 0 Å². The van der Waals surface area contributed by atoms with Crippen molar-refractivity contribution in [1.29, 1.82) is 0 Å². The summed E-state index contributed by atoms with van der Waals surface area (Å²) in [6, 6.07) is 5.55. The molecule has 2 unspecified atom stereocenters. The van der Waals surface area contributed by atoms with Gasteiger partial charge in [0.15, 0.2) is 0 Å².